The minimum Gasteiger partial charge on any atom is -0.481 e. The van der Waals surface area contributed by atoms with Gasteiger partial charge >= 0.3 is 12.1 Å². The number of hydrogen-bond donors (Lipinski definition) is 2. The van der Waals surface area contributed by atoms with Gasteiger partial charge in [0.2, 0.25) is 0 Å². The zero-order chi connectivity index (χ0) is 9.78. The summed E-state index contributed by atoms with van der Waals surface area (Å²) < 4.78 is 35.8. The molecular formula is C6H10F3NO2. The molecule has 0 amide bonds. The fraction of sp³-hybridized carbons (Fsp3) is 0.833. The van der Waals surface area contributed by atoms with Gasteiger partial charge in [0.15, 0.2) is 0 Å². The van der Waals surface area contributed by atoms with Gasteiger partial charge in [-0.2, -0.15) is 13.2 Å². The second-order valence-electron chi connectivity index (χ2n) is 2.41. The zero-order valence-corrected chi connectivity index (χ0v) is 6.27. The molecule has 0 aliphatic carbocycles. The summed E-state index contributed by atoms with van der Waals surface area (Å²) in [7, 11) is 0. The normalized spacial score (nSPS) is 14.3. The molecule has 0 saturated carbocycles. The molecule has 3 N–H and O–H groups in total. The summed E-state index contributed by atoms with van der Waals surface area (Å²) >= 11 is 0. The van der Waals surface area contributed by atoms with E-state index in [0.717, 1.165) is 0 Å². The van der Waals surface area contributed by atoms with Gasteiger partial charge in [-0.1, -0.05) is 0 Å². The van der Waals surface area contributed by atoms with Crippen molar-refractivity contribution in [1.29, 1.82) is 0 Å². The summed E-state index contributed by atoms with van der Waals surface area (Å²) in [6.45, 7) is -0.155. The quantitative estimate of drug-likeness (QED) is 0.686. The van der Waals surface area contributed by atoms with Crippen LogP contribution in [-0.2, 0) is 4.79 Å². The smallest absolute Gasteiger partial charge is 0.392 e. The third kappa shape index (κ3) is 4.17. The fourth-order valence-electron chi connectivity index (χ4n) is 0.793. The predicted octanol–water partition coefficient (Wildman–Crippen LogP) is 0.988. The molecule has 0 aromatic heterocycles. The van der Waals surface area contributed by atoms with Crippen LogP contribution in [0, 0.1) is 5.92 Å². The van der Waals surface area contributed by atoms with E-state index in [4.69, 9.17) is 10.8 Å². The number of carbonyl (C=O) groups is 1. The number of carboxylic acid groups (broad SMARTS) is 1. The number of nitrogens with two attached hydrogens (primary N) is 1. The van der Waals surface area contributed by atoms with Gasteiger partial charge in [0, 0.05) is 0 Å². The van der Waals surface area contributed by atoms with E-state index in [1.54, 1.807) is 0 Å². The largest absolute Gasteiger partial charge is 0.481 e. The molecule has 0 aliphatic heterocycles. The molecule has 72 valence electrons. The highest BCUT2D eigenvalue weighted by Gasteiger charge is 2.39. The lowest BCUT2D eigenvalue weighted by molar-refractivity contribution is -0.183. The monoisotopic (exact) mass is 185 g/mol. The lowest BCUT2D eigenvalue weighted by atomic mass is 10.0. The first kappa shape index (κ1) is 11.2. The Morgan fingerprint density at radius 2 is 2.00 bits per heavy atom. The molecule has 0 saturated heterocycles. The van der Waals surface area contributed by atoms with Gasteiger partial charge in [-0.25, -0.2) is 0 Å². The van der Waals surface area contributed by atoms with E-state index in [0.29, 0.717) is 0 Å². The van der Waals surface area contributed by atoms with Gasteiger partial charge in [-0.15, -0.1) is 0 Å². The number of aliphatic carboxylic acids is 1. The second-order valence-corrected chi connectivity index (χ2v) is 2.41. The van der Waals surface area contributed by atoms with Crippen molar-refractivity contribution in [3.8, 4) is 0 Å². The number of halogens is 3. The van der Waals surface area contributed by atoms with E-state index in [2.05, 4.69) is 0 Å². The summed E-state index contributed by atoms with van der Waals surface area (Å²) in [5, 5.41) is 8.13. The van der Waals surface area contributed by atoms with Crippen LogP contribution in [-0.4, -0.2) is 23.8 Å². The Kier molecular flexibility index (Phi) is 4.02. The third-order valence-electron chi connectivity index (χ3n) is 1.40. The van der Waals surface area contributed by atoms with Crippen LogP contribution in [0.1, 0.15) is 12.8 Å². The maximum Gasteiger partial charge on any atom is 0.392 e. The van der Waals surface area contributed by atoms with E-state index < -0.39 is 24.5 Å². The van der Waals surface area contributed by atoms with Crippen LogP contribution < -0.4 is 5.73 Å². The summed E-state index contributed by atoms with van der Waals surface area (Å²) in [5.41, 5.74) is 4.91. The lowest BCUT2D eigenvalue weighted by Crippen LogP contribution is -2.27. The van der Waals surface area contributed by atoms with E-state index in [9.17, 15) is 18.0 Å². The molecule has 0 radical (unpaired) electrons. The van der Waals surface area contributed by atoms with E-state index in [1.165, 1.54) is 0 Å². The Labute approximate surface area is 67.4 Å². The summed E-state index contributed by atoms with van der Waals surface area (Å²) in [6.07, 6.45) is -5.70. The highest BCUT2D eigenvalue weighted by atomic mass is 19.4. The van der Waals surface area contributed by atoms with E-state index in [1.807, 2.05) is 0 Å². The first-order valence-corrected chi connectivity index (χ1v) is 3.36. The first-order valence-electron chi connectivity index (χ1n) is 3.36. The number of rotatable bonds is 4. The van der Waals surface area contributed by atoms with Gasteiger partial charge in [0.1, 0.15) is 0 Å². The average molecular weight is 185 g/mol. The molecule has 0 aliphatic rings. The Bertz CT molecular complexity index is 157. The van der Waals surface area contributed by atoms with Crippen molar-refractivity contribution in [2.45, 2.75) is 19.0 Å². The molecule has 1 atom stereocenters. The minimum absolute atomic E-state index is 0.155. The van der Waals surface area contributed by atoms with Gasteiger partial charge in [0.05, 0.1) is 12.3 Å². The molecule has 0 aromatic rings. The Hall–Kier alpha value is -0.780. The molecule has 0 fully saturated rings. The summed E-state index contributed by atoms with van der Waals surface area (Å²) in [6, 6.07) is 0. The molecule has 3 nitrogen and oxygen atoms in total. The molecule has 0 spiro atoms. The standard InChI is InChI=1S/C6H10F3NO2/c7-6(8,9)4(1-2-10)3-5(11)12/h4H,1-3,10H2,(H,11,12). The third-order valence-corrected chi connectivity index (χ3v) is 1.40. The van der Waals surface area contributed by atoms with Gasteiger partial charge in [0.25, 0.3) is 0 Å². The van der Waals surface area contributed by atoms with Gasteiger partial charge in [-0.3, -0.25) is 4.79 Å². The zero-order valence-electron chi connectivity index (χ0n) is 6.27. The number of carboxylic acids is 1. The summed E-state index contributed by atoms with van der Waals surface area (Å²) in [4.78, 5) is 9.99. The van der Waals surface area contributed by atoms with Crippen LogP contribution in [0.15, 0.2) is 0 Å². The molecule has 0 rings (SSSR count). The van der Waals surface area contributed by atoms with Crippen molar-refractivity contribution in [2.24, 2.45) is 11.7 Å². The molecule has 0 aromatic carbocycles. The molecule has 0 heterocycles. The Morgan fingerprint density at radius 3 is 2.25 bits per heavy atom. The Morgan fingerprint density at radius 1 is 1.50 bits per heavy atom. The maximum atomic E-state index is 11.9. The number of alkyl halides is 3. The Balaban J connectivity index is 4.13. The van der Waals surface area contributed by atoms with Crippen molar-refractivity contribution in [2.75, 3.05) is 6.54 Å². The fourth-order valence-corrected chi connectivity index (χ4v) is 0.793. The minimum atomic E-state index is -4.46. The molecular weight excluding hydrogens is 175 g/mol. The SMILES string of the molecule is NCCC(CC(=O)O)C(F)(F)F. The predicted molar refractivity (Wildman–Crippen MR) is 35.5 cm³/mol. The maximum absolute atomic E-state index is 11.9. The van der Waals surface area contributed by atoms with Gasteiger partial charge in [-0.05, 0) is 13.0 Å². The van der Waals surface area contributed by atoms with Crippen molar-refractivity contribution < 1.29 is 23.1 Å². The van der Waals surface area contributed by atoms with E-state index >= 15 is 0 Å². The van der Waals surface area contributed by atoms with Crippen LogP contribution in [0.3, 0.4) is 0 Å². The highest BCUT2D eigenvalue weighted by Crippen LogP contribution is 2.30. The average Bonchev–Trinajstić information content (AvgIpc) is 1.83. The van der Waals surface area contributed by atoms with Crippen molar-refractivity contribution in [1.82, 2.24) is 0 Å². The highest BCUT2D eigenvalue weighted by molar-refractivity contribution is 5.67. The van der Waals surface area contributed by atoms with Crippen LogP contribution >= 0.6 is 0 Å². The molecule has 12 heavy (non-hydrogen) atoms. The van der Waals surface area contributed by atoms with Crippen molar-refractivity contribution >= 4 is 5.97 Å². The van der Waals surface area contributed by atoms with Crippen LogP contribution in [0.4, 0.5) is 13.2 Å². The second kappa shape index (κ2) is 4.30. The molecule has 1 unspecified atom stereocenters. The lowest BCUT2D eigenvalue weighted by Gasteiger charge is -2.16. The van der Waals surface area contributed by atoms with Crippen LogP contribution in [0.25, 0.3) is 0 Å². The van der Waals surface area contributed by atoms with Crippen molar-refractivity contribution in [3.63, 3.8) is 0 Å². The first-order chi connectivity index (χ1) is 5.38. The van der Waals surface area contributed by atoms with Crippen molar-refractivity contribution in [3.05, 3.63) is 0 Å². The van der Waals surface area contributed by atoms with Crippen LogP contribution in [0.2, 0.25) is 0 Å². The topological polar surface area (TPSA) is 63.3 Å². The van der Waals surface area contributed by atoms with E-state index in [-0.39, 0.29) is 13.0 Å². The van der Waals surface area contributed by atoms with Gasteiger partial charge < -0.3 is 10.8 Å². The van der Waals surface area contributed by atoms with Crippen LogP contribution in [0.5, 0.6) is 0 Å². The molecule has 6 heteroatoms. The number of hydrogen-bond acceptors (Lipinski definition) is 2. The molecule has 0 bridgehead atoms. The summed E-state index contributed by atoms with van der Waals surface area (Å²) in [5.74, 6) is -3.27.